The predicted molar refractivity (Wildman–Crippen MR) is 163 cm³/mol. The number of Topliss-reactive ketones (excluding diaryl/α,β-unsaturated/α-hetero) is 1. The number of carbonyl (C=O) groups is 7. The number of benzene rings is 1. The van der Waals surface area contributed by atoms with Crippen LogP contribution in [0, 0.1) is 0 Å². The van der Waals surface area contributed by atoms with Crippen molar-refractivity contribution >= 4 is 64.2 Å². The number of rotatable bonds is 17. The number of carbonyl (C=O) groups excluding carboxylic acids is 4. The molecule has 10 N–H and O–H groups in total. The molecule has 20 nitrogen and oxygen atoms in total. The Morgan fingerprint density at radius 1 is 0.875 bits per heavy atom. The molecule has 0 fully saturated rings. The molecule has 0 saturated heterocycles. The number of nitrogens with two attached hydrogens (primary N) is 1. The molecule has 1 aromatic carbocycles. The van der Waals surface area contributed by atoms with Crippen LogP contribution in [0.2, 0.25) is 0 Å². The van der Waals surface area contributed by atoms with E-state index >= 15 is 0 Å². The molecular formula is C28H31N9O11. The normalized spacial score (nSPS) is 12.6. The van der Waals surface area contributed by atoms with E-state index in [4.69, 9.17) is 15.9 Å². The number of carboxylic acid groups (broad SMARTS) is 3. The lowest BCUT2D eigenvalue weighted by atomic mass is 10.1. The number of nitrogen functional groups attached to an aromatic ring is 1. The second-order valence-electron chi connectivity index (χ2n) is 10.3. The monoisotopic (exact) mass is 669 g/mol. The number of carboxylic acids is 3. The Morgan fingerprint density at radius 2 is 1.52 bits per heavy atom. The molecule has 3 amide bonds. The summed E-state index contributed by atoms with van der Waals surface area (Å²) in [6, 6.07) is 1.14. The number of hydrogen-bond donors (Lipinski definition) is 9. The maximum atomic E-state index is 12.7. The summed E-state index contributed by atoms with van der Waals surface area (Å²) in [5, 5.41) is 37.2. The molecule has 0 spiro atoms. The van der Waals surface area contributed by atoms with E-state index in [9.17, 15) is 43.5 Å². The molecule has 2 aromatic heterocycles. The van der Waals surface area contributed by atoms with Crippen molar-refractivity contribution in [1.82, 2.24) is 35.9 Å². The lowest BCUT2D eigenvalue weighted by Gasteiger charge is -2.21. The number of hydrogen-bond acceptors (Lipinski definition) is 13. The van der Waals surface area contributed by atoms with E-state index in [-0.39, 0.29) is 29.2 Å². The van der Waals surface area contributed by atoms with Gasteiger partial charge < -0.3 is 42.3 Å². The average Bonchev–Trinajstić information content (AvgIpc) is 3.00. The maximum Gasteiger partial charge on any atom is 0.326 e. The van der Waals surface area contributed by atoms with Crippen molar-refractivity contribution in [3.63, 3.8) is 0 Å². The van der Waals surface area contributed by atoms with E-state index in [1.807, 2.05) is 0 Å². The van der Waals surface area contributed by atoms with E-state index in [2.05, 4.69) is 41.2 Å². The number of fused-ring (bicyclic) bond motifs is 1. The zero-order valence-corrected chi connectivity index (χ0v) is 25.2. The standard InChI is InChI=1S/C28H31N9O11/c1-12(38)17(8-20(40)41)35-25(45)18(9-21(42)43)33-19(39)7-6-16(27(47)48)34-24(44)13-2-4-14(5-3-13)30-10-15-11-31-23-22(32-15)26(46)37-28(29)36-23/h2-5,11,16-18,30H,6-10H2,1H3,(H,33,39)(H,34,44)(H,35,45)(H,40,41)(H,42,43)(H,47,48)(H3,29,31,36,37,46)/t16-,17+,18+/m0/s1. The molecule has 48 heavy (non-hydrogen) atoms. The molecule has 0 radical (unpaired) electrons. The smallest absolute Gasteiger partial charge is 0.326 e. The molecule has 0 saturated carbocycles. The summed E-state index contributed by atoms with van der Waals surface area (Å²) >= 11 is 0. The lowest BCUT2D eigenvalue weighted by molar-refractivity contribution is -0.143. The fourth-order valence-electron chi connectivity index (χ4n) is 4.16. The van der Waals surface area contributed by atoms with Gasteiger partial charge in [0.05, 0.1) is 37.3 Å². The number of ketones is 1. The third kappa shape index (κ3) is 10.6. The molecule has 0 aliphatic carbocycles. The van der Waals surface area contributed by atoms with Crippen LogP contribution in [0.4, 0.5) is 11.6 Å². The molecule has 3 aromatic rings. The minimum absolute atomic E-state index is 0.00217. The molecule has 0 aliphatic rings. The SMILES string of the molecule is CC(=O)[C@@H](CC(=O)O)NC(=O)[C@@H](CC(=O)O)NC(=O)CC[C@H](NC(=O)c1ccc(NCc2cnc3nc(N)[nH]c(=O)c3n2)cc1)C(=O)O. The number of aromatic nitrogens is 4. The highest BCUT2D eigenvalue weighted by molar-refractivity contribution is 5.97. The summed E-state index contributed by atoms with van der Waals surface area (Å²) in [7, 11) is 0. The largest absolute Gasteiger partial charge is 0.481 e. The van der Waals surface area contributed by atoms with Crippen LogP contribution < -0.4 is 32.6 Å². The third-order valence-electron chi connectivity index (χ3n) is 6.59. The van der Waals surface area contributed by atoms with E-state index in [0.29, 0.717) is 11.4 Å². The van der Waals surface area contributed by atoms with Crippen molar-refractivity contribution in [2.45, 2.75) is 57.3 Å². The first-order valence-electron chi connectivity index (χ1n) is 14.1. The number of nitrogens with zero attached hydrogens (tertiary/aromatic N) is 3. The summed E-state index contributed by atoms with van der Waals surface area (Å²) in [6.45, 7) is 1.17. The highest BCUT2D eigenvalue weighted by atomic mass is 16.4. The Bertz CT molecular complexity index is 1790. The second-order valence-corrected chi connectivity index (χ2v) is 10.3. The molecule has 0 bridgehead atoms. The van der Waals surface area contributed by atoms with Gasteiger partial charge in [0.15, 0.2) is 16.9 Å². The number of aliphatic carboxylic acids is 3. The zero-order chi connectivity index (χ0) is 35.5. The molecule has 2 heterocycles. The van der Waals surface area contributed by atoms with Gasteiger partial charge in [-0.25, -0.2) is 14.8 Å². The van der Waals surface area contributed by atoms with Gasteiger partial charge in [0, 0.05) is 17.7 Å². The number of nitrogens with one attached hydrogen (secondary N) is 5. The van der Waals surface area contributed by atoms with Crippen LogP contribution in [0.3, 0.4) is 0 Å². The van der Waals surface area contributed by atoms with Crippen molar-refractivity contribution in [3.8, 4) is 0 Å². The molecule has 254 valence electrons. The van der Waals surface area contributed by atoms with Crippen LogP contribution in [0.5, 0.6) is 0 Å². The topological polar surface area (TPSA) is 326 Å². The Kier molecular flexibility index (Phi) is 12.1. The number of anilines is 2. The van der Waals surface area contributed by atoms with Crippen LogP contribution in [0.1, 0.15) is 48.7 Å². The lowest BCUT2D eigenvalue weighted by Crippen LogP contribution is -2.52. The highest BCUT2D eigenvalue weighted by Gasteiger charge is 2.29. The fraction of sp³-hybridized carbons (Fsp3) is 0.321. The van der Waals surface area contributed by atoms with Gasteiger partial charge in [-0.15, -0.1) is 0 Å². The van der Waals surface area contributed by atoms with Gasteiger partial charge in [-0.3, -0.25) is 38.5 Å². The second kappa shape index (κ2) is 16.2. The molecular weight excluding hydrogens is 638 g/mol. The van der Waals surface area contributed by atoms with Crippen molar-refractivity contribution in [3.05, 3.63) is 52.1 Å². The number of aromatic amines is 1. The average molecular weight is 670 g/mol. The molecule has 0 unspecified atom stereocenters. The summed E-state index contributed by atoms with van der Waals surface area (Å²) in [6.07, 6.45) is -1.28. The fourth-order valence-corrected chi connectivity index (χ4v) is 4.16. The van der Waals surface area contributed by atoms with Crippen molar-refractivity contribution < 1.29 is 48.9 Å². The zero-order valence-electron chi connectivity index (χ0n) is 25.2. The highest BCUT2D eigenvalue weighted by Crippen LogP contribution is 2.12. The summed E-state index contributed by atoms with van der Waals surface area (Å²) < 4.78 is 0. The quantitative estimate of drug-likeness (QED) is 0.0779. The molecule has 3 rings (SSSR count). The van der Waals surface area contributed by atoms with Gasteiger partial charge in [0.1, 0.15) is 12.1 Å². The van der Waals surface area contributed by atoms with E-state index in [1.54, 1.807) is 0 Å². The minimum atomic E-state index is -1.71. The van der Waals surface area contributed by atoms with Crippen molar-refractivity contribution in [2.24, 2.45) is 0 Å². The minimum Gasteiger partial charge on any atom is -0.481 e. The maximum absolute atomic E-state index is 12.7. The van der Waals surface area contributed by atoms with Gasteiger partial charge in [-0.2, -0.15) is 4.98 Å². The van der Waals surface area contributed by atoms with Crippen LogP contribution in [0.15, 0.2) is 35.3 Å². The van der Waals surface area contributed by atoms with Crippen molar-refractivity contribution in [2.75, 3.05) is 11.1 Å². The Balaban J connectivity index is 1.56. The summed E-state index contributed by atoms with van der Waals surface area (Å²) in [5.74, 6) is -8.02. The Hall–Kier alpha value is -6.47. The first-order chi connectivity index (χ1) is 22.6. The van der Waals surface area contributed by atoms with Gasteiger partial charge in [0.2, 0.25) is 17.8 Å². The van der Waals surface area contributed by atoms with Crippen molar-refractivity contribution in [1.29, 1.82) is 0 Å². The van der Waals surface area contributed by atoms with E-state index < -0.39 is 90.8 Å². The molecule has 3 atom stereocenters. The molecule has 0 aliphatic heterocycles. The Labute approximate surface area is 269 Å². The van der Waals surface area contributed by atoms with Crippen LogP contribution in [0.25, 0.3) is 11.2 Å². The van der Waals surface area contributed by atoms with E-state index in [1.165, 1.54) is 30.5 Å². The third-order valence-corrected chi connectivity index (χ3v) is 6.59. The van der Waals surface area contributed by atoms with Crippen LogP contribution >= 0.6 is 0 Å². The summed E-state index contributed by atoms with van der Waals surface area (Å²) in [5.41, 5.74) is 6.06. The first-order valence-corrected chi connectivity index (χ1v) is 14.1. The van der Waals surface area contributed by atoms with Crippen LogP contribution in [-0.2, 0) is 35.3 Å². The number of amides is 3. The molecule has 20 heteroatoms. The van der Waals surface area contributed by atoms with Gasteiger partial charge in [-0.05, 0) is 37.6 Å². The first kappa shape index (κ1) is 36.0. The van der Waals surface area contributed by atoms with E-state index in [0.717, 1.165) is 6.92 Å². The predicted octanol–water partition coefficient (Wildman–Crippen LogP) is -1.62. The van der Waals surface area contributed by atoms with Crippen LogP contribution in [-0.4, -0.2) is 94.8 Å². The van der Waals surface area contributed by atoms with Gasteiger partial charge in [0.25, 0.3) is 11.5 Å². The Morgan fingerprint density at radius 3 is 2.12 bits per heavy atom. The summed E-state index contributed by atoms with van der Waals surface area (Å²) in [4.78, 5) is 110. The number of H-pyrrole nitrogens is 1. The van der Waals surface area contributed by atoms with Gasteiger partial charge in [-0.1, -0.05) is 0 Å². The van der Waals surface area contributed by atoms with Gasteiger partial charge >= 0.3 is 17.9 Å².